The number of rotatable bonds is 11. The van der Waals surface area contributed by atoms with Crippen molar-refractivity contribution in [1.82, 2.24) is 0 Å². The number of hydrogen-bond acceptors (Lipinski definition) is 0. The fraction of sp³-hybridized carbons (Fsp3) is 0.0380. The third-order valence-electron chi connectivity index (χ3n) is 16.3. The van der Waals surface area contributed by atoms with Gasteiger partial charge in [0.15, 0.2) is 0 Å². The molecule has 0 amide bonds. The molecular weight excluding hydrogens is 977 g/mol. The topological polar surface area (TPSA) is 0 Å². The van der Waals surface area contributed by atoms with Crippen molar-refractivity contribution in [2.45, 2.75) is 19.6 Å². The van der Waals surface area contributed by atoms with E-state index in [1.807, 2.05) is 0 Å². The maximum Gasteiger partial charge on any atom is 0.0775 e. The van der Waals surface area contributed by atoms with Gasteiger partial charge >= 0.3 is 0 Å². The van der Waals surface area contributed by atoms with E-state index in [2.05, 4.69) is 317 Å². The van der Waals surface area contributed by atoms with E-state index >= 15 is 0 Å². The van der Waals surface area contributed by atoms with Gasteiger partial charge in [-0.1, -0.05) is 255 Å². The summed E-state index contributed by atoms with van der Waals surface area (Å²) in [6.45, 7) is 7.31. The van der Waals surface area contributed by atoms with Crippen LogP contribution in [0.4, 0.5) is 0 Å². The minimum Gasteiger partial charge on any atom is -0.0656 e. The maximum absolute atomic E-state index is 2.51. The SMILES string of the molecule is C[Si](C)(C)c1ccc(-c2cc(-c3cc(-c4ccccc4)cc(-c4ccccc4)c3)c3ccc4c(-c5cc(-c6ccccc6)cc(-c6ccccc6)c5)cc(-c5cc(-c6ccccc6)cc(-c6ccccc6)c5)c5ccc2c3c54)cc1. The molecule has 1 heteroatoms. The quantitative estimate of drug-likeness (QED) is 0.0895. The van der Waals surface area contributed by atoms with Crippen LogP contribution in [0.1, 0.15) is 0 Å². The normalized spacial score (nSPS) is 11.7. The third-order valence-corrected chi connectivity index (χ3v) is 18.4. The Morgan fingerprint density at radius 1 is 0.175 bits per heavy atom. The van der Waals surface area contributed by atoms with Crippen molar-refractivity contribution >= 4 is 45.6 Å². The summed E-state index contributed by atoms with van der Waals surface area (Å²) in [5.74, 6) is 0. The molecule has 0 radical (unpaired) electrons. The van der Waals surface area contributed by atoms with E-state index < -0.39 is 8.07 Å². The molecule has 0 bridgehead atoms. The molecule has 0 saturated heterocycles. The van der Waals surface area contributed by atoms with Crippen molar-refractivity contribution in [3.63, 3.8) is 0 Å². The van der Waals surface area contributed by atoms with Gasteiger partial charge in [-0.05, 0) is 210 Å². The molecule has 0 unspecified atom stereocenters. The van der Waals surface area contributed by atoms with Crippen LogP contribution < -0.4 is 5.19 Å². The van der Waals surface area contributed by atoms with Crippen LogP contribution in [0.3, 0.4) is 0 Å². The number of hydrogen-bond donors (Lipinski definition) is 0. The fourth-order valence-electron chi connectivity index (χ4n) is 12.2. The average Bonchev–Trinajstić information content (AvgIpc) is 3.67. The van der Waals surface area contributed by atoms with Gasteiger partial charge in [-0.2, -0.15) is 0 Å². The largest absolute Gasteiger partial charge is 0.0775 e. The zero-order valence-electron chi connectivity index (χ0n) is 45.3. The summed E-state index contributed by atoms with van der Waals surface area (Å²) in [6, 6.07) is 111. The molecule has 0 spiro atoms. The van der Waals surface area contributed by atoms with Crippen molar-refractivity contribution in [3.05, 3.63) is 297 Å². The number of benzene rings is 14. The highest BCUT2D eigenvalue weighted by Crippen LogP contribution is 2.50. The maximum atomic E-state index is 2.51. The van der Waals surface area contributed by atoms with E-state index in [4.69, 9.17) is 0 Å². The van der Waals surface area contributed by atoms with Crippen LogP contribution in [0.25, 0.3) is 144 Å². The van der Waals surface area contributed by atoms with E-state index in [9.17, 15) is 0 Å². The molecule has 14 rings (SSSR count). The Kier molecular flexibility index (Phi) is 12.3. The summed E-state index contributed by atoms with van der Waals surface area (Å²) in [5.41, 5.74) is 23.9. The van der Waals surface area contributed by atoms with Crippen LogP contribution >= 0.6 is 0 Å². The first-order chi connectivity index (χ1) is 39.3. The van der Waals surface area contributed by atoms with Crippen LogP contribution in [-0.4, -0.2) is 8.07 Å². The van der Waals surface area contributed by atoms with Crippen molar-refractivity contribution in [3.8, 4) is 111 Å². The summed E-state index contributed by atoms with van der Waals surface area (Å²) in [4.78, 5) is 0. The van der Waals surface area contributed by atoms with Crippen LogP contribution in [-0.2, 0) is 0 Å². The second-order valence-electron chi connectivity index (χ2n) is 22.4. The monoisotopic (exact) mass is 1030 g/mol. The molecule has 0 heterocycles. The van der Waals surface area contributed by atoms with Gasteiger partial charge in [0, 0.05) is 0 Å². The Labute approximate surface area is 471 Å². The summed E-state index contributed by atoms with van der Waals surface area (Å²) >= 11 is 0. The second kappa shape index (κ2) is 20.3. The zero-order valence-corrected chi connectivity index (χ0v) is 46.3. The standard InChI is InChI=1S/C79H58Si/c1-80(2,3)69-36-34-59(35-37-69)74-51-75(66-45-60(53-22-10-4-11-23-53)42-61(46-66)54-24-12-5-13-25-54)71-40-41-73-77(68-49-64(57-30-18-8-19-31-57)44-65(50-68)58-32-20-9-21-33-58)52-76(72-39-38-70(74)78(71)79(72)73)67-47-62(55-26-14-6-15-27-55)43-63(48-67)56-28-16-7-17-29-56/h4-52H,1-3H3. The molecule has 0 aliphatic heterocycles. The molecule has 0 atom stereocenters. The van der Waals surface area contributed by atoms with Crippen molar-refractivity contribution < 1.29 is 0 Å². The average molecular weight is 1040 g/mol. The second-order valence-corrected chi connectivity index (χ2v) is 27.5. The summed E-state index contributed by atoms with van der Waals surface area (Å²) < 4.78 is 0. The minimum absolute atomic E-state index is 1.18. The predicted octanol–water partition coefficient (Wildman–Crippen LogP) is 21.8. The predicted molar refractivity (Wildman–Crippen MR) is 347 cm³/mol. The van der Waals surface area contributed by atoms with E-state index in [1.165, 1.54) is 149 Å². The highest BCUT2D eigenvalue weighted by Gasteiger charge is 2.24. The summed E-state index contributed by atoms with van der Waals surface area (Å²) in [7, 11) is -1.58. The fourth-order valence-corrected chi connectivity index (χ4v) is 13.4. The van der Waals surface area contributed by atoms with Gasteiger partial charge in [0.25, 0.3) is 0 Å². The Bertz CT molecular complexity index is 4220. The van der Waals surface area contributed by atoms with Gasteiger partial charge in [0.2, 0.25) is 0 Å². The highest BCUT2D eigenvalue weighted by atomic mass is 28.3. The Balaban J connectivity index is 1.13. The molecule has 14 aromatic rings. The molecule has 0 aliphatic carbocycles. The van der Waals surface area contributed by atoms with Crippen molar-refractivity contribution in [2.24, 2.45) is 0 Å². The Hall–Kier alpha value is -9.66. The molecule has 378 valence electrons. The van der Waals surface area contributed by atoms with Gasteiger partial charge < -0.3 is 0 Å². The molecular formula is C79H58Si. The lowest BCUT2D eigenvalue weighted by Gasteiger charge is -2.23. The molecule has 80 heavy (non-hydrogen) atoms. The van der Waals surface area contributed by atoms with E-state index in [0.29, 0.717) is 0 Å². The van der Waals surface area contributed by atoms with Crippen LogP contribution in [0, 0.1) is 0 Å². The summed E-state index contributed by atoms with van der Waals surface area (Å²) in [6.07, 6.45) is 0. The lowest BCUT2D eigenvalue weighted by Crippen LogP contribution is -2.37. The van der Waals surface area contributed by atoms with Gasteiger partial charge in [-0.3, -0.25) is 0 Å². The molecule has 0 aromatic heterocycles. The third kappa shape index (κ3) is 9.12. The molecule has 0 nitrogen and oxygen atoms in total. The first-order valence-corrected chi connectivity index (χ1v) is 31.5. The lowest BCUT2D eigenvalue weighted by atomic mass is 9.80. The molecule has 0 fully saturated rings. The first kappa shape index (κ1) is 48.7. The minimum atomic E-state index is -1.58. The lowest BCUT2D eigenvalue weighted by molar-refractivity contribution is 1.56. The van der Waals surface area contributed by atoms with Gasteiger partial charge in [0.05, 0.1) is 8.07 Å². The molecule has 0 aliphatic rings. The summed E-state index contributed by atoms with van der Waals surface area (Å²) in [5, 5.41) is 8.95. The van der Waals surface area contributed by atoms with Gasteiger partial charge in [-0.15, -0.1) is 0 Å². The van der Waals surface area contributed by atoms with Crippen molar-refractivity contribution in [2.75, 3.05) is 0 Å². The van der Waals surface area contributed by atoms with Crippen LogP contribution in [0.15, 0.2) is 297 Å². The Morgan fingerprint density at radius 2 is 0.388 bits per heavy atom. The van der Waals surface area contributed by atoms with Gasteiger partial charge in [-0.25, -0.2) is 0 Å². The molecule has 14 aromatic carbocycles. The Morgan fingerprint density at radius 3 is 0.613 bits per heavy atom. The molecule has 0 saturated carbocycles. The van der Waals surface area contributed by atoms with Crippen molar-refractivity contribution in [1.29, 1.82) is 0 Å². The van der Waals surface area contributed by atoms with Gasteiger partial charge in [0.1, 0.15) is 0 Å². The van der Waals surface area contributed by atoms with Crippen LogP contribution in [0.2, 0.25) is 19.6 Å². The van der Waals surface area contributed by atoms with Crippen LogP contribution in [0.5, 0.6) is 0 Å². The first-order valence-electron chi connectivity index (χ1n) is 28.0. The van der Waals surface area contributed by atoms with E-state index in [0.717, 1.165) is 0 Å². The zero-order chi connectivity index (χ0) is 53.7. The highest BCUT2D eigenvalue weighted by molar-refractivity contribution is 6.88. The smallest absolute Gasteiger partial charge is 0.0656 e. The van der Waals surface area contributed by atoms with E-state index in [1.54, 1.807) is 0 Å². The van der Waals surface area contributed by atoms with E-state index in [-0.39, 0.29) is 0 Å². The molecule has 0 N–H and O–H groups in total.